The van der Waals surface area contributed by atoms with Gasteiger partial charge < -0.3 is 24.2 Å². The number of hydrogen-bond acceptors (Lipinski definition) is 6. The third kappa shape index (κ3) is 7.08. The van der Waals surface area contributed by atoms with Gasteiger partial charge in [-0.15, -0.1) is 0 Å². The Kier molecular flexibility index (Phi) is 7.88. The van der Waals surface area contributed by atoms with Crippen LogP contribution in [0.15, 0.2) is 84.0 Å². The highest BCUT2D eigenvalue weighted by Gasteiger charge is 2.06. The molecule has 0 fully saturated rings. The highest BCUT2D eigenvalue weighted by Crippen LogP contribution is 2.19. The van der Waals surface area contributed by atoms with E-state index in [1.807, 2.05) is 54.6 Å². The summed E-state index contributed by atoms with van der Waals surface area (Å²) in [6.45, 7) is 0.382. The topological polar surface area (TPSA) is 86.6 Å². The molecule has 0 aliphatic heterocycles. The second-order valence-electron chi connectivity index (χ2n) is 6.49. The highest BCUT2D eigenvalue weighted by molar-refractivity contribution is 5.93. The van der Waals surface area contributed by atoms with Crippen molar-refractivity contribution in [1.82, 2.24) is 0 Å². The zero-order valence-corrected chi connectivity index (χ0v) is 17.1. The van der Waals surface area contributed by atoms with Crippen molar-refractivity contribution in [2.24, 2.45) is 5.16 Å². The second kappa shape index (κ2) is 11.3. The summed E-state index contributed by atoms with van der Waals surface area (Å²) in [7, 11) is 1.48. The predicted molar refractivity (Wildman–Crippen MR) is 115 cm³/mol. The number of carboxylic acid groups (broad SMARTS) is 1. The van der Waals surface area contributed by atoms with E-state index >= 15 is 0 Å². The van der Waals surface area contributed by atoms with Crippen molar-refractivity contribution in [3.05, 3.63) is 95.6 Å². The van der Waals surface area contributed by atoms with Gasteiger partial charge in [-0.2, -0.15) is 0 Å². The fourth-order valence-corrected chi connectivity index (χ4v) is 2.65. The standard InChI is InChI=1S/C24H23NO6/c1-28-25-24(20-5-3-2-4-6-20)31-16-19-9-7-18(8-10-19)15-29-21-11-13-22(14-12-21)30-17-23(26)27/h2-14H,15-17H2,1H3,(H,26,27)/b25-24-. The highest BCUT2D eigenvalue weighted by atomic mass is 16.6. The minimum Gasteiger partial charge on any atom is -0.489 e. The van der Waals surface area contributed by atoms with Gasteiger partial charge in [0, 0.05) is 5.56 Å². The van der Waals surface area contributed by atoms with Crippen molar-refractivity contribution >= 4 is 11.9 Å². The van der Waals surface area contributed by atoms with Gasteiger partial charge >= 0.3 is 5.97 Å². The molecule has 3 aromatic rings. The maximum Gasteiger partial charge on any atom is 0.341 e. The second-order valence-corrected chi connectivity index (χ2v) is 6.49. The molecule has 0 atom stereocenters. The van der Waals surface area contributed by atoms with Gasteiger partial charge in [0.05, 0.1) is 0 Å². The Morgan fingerprint density at radius 1 is 0.806 bits per heavy atom. The van der Waals surface area contributed by atoms with Crippen LogP contribution >= 0.6 is 0 Å². The third-order valence-electron chi connectivity index (χ3n) is 4.19. The lowest BCUT2D eigenvalue weighted by atomic mass is 10.1. The average molecular weight is 421 g/mol. The summed E-state index contributed by atoms with van der Waals surface area (Å²) in [5.74, 6) is 0.548. The predicted octanol–water partition coefficient (Wildman–Crippen LogP) is 4.25. The smallest absolute Gasteiger partial charge is 0.341 e. The number of oxime groups is 1. The van der Waals surface area contributed by atoms with Gasteiger partial charge in [-0.3, -0.25) is 0 Å². The Morgan fingerprint density at radius 3 is 1.97 bits per heavy atom. The number of benzene rings is 3. The van der Waals surface area contributed by atoms with Crippen LogP contribution in [0.2, 0.25) is 0 Å². The normalized spacial score (nSPS) is 10.9. The Morgan fingerprint density at radius 2 is 1.39 bits per heavy atom. The van der Waals surface area contributed by atoms with Gasteiger partial charge in [0.25, 0.3) is 5.90 Å². The monoisotopic (exact) mass is 421 g/mol. The maximum atomic E-state index is 10.5. The Labute approximate surface area is 180 Å². The molecule has 7 nitrogen and oxygen atoms in total. The fourth-order valence-electron chi connectivity index (χ4n) is 2.65. The summed E-state index contributed by atoms with van der Waals surface area (Å²) in [5, 5.41) is 12.6. The van der Waals surface area contributed by atoms with Crippen molar-refractivity contribution < 1.29 is 28.9 Å². The number of rotatable bonds is 10. The zero-order valence-electron chi connectivity index (χ0n) is 17.1. The molecule has 0 aliphatic carbocycles. The first-order valence-corrected chi connectivity index (χ1v) is 9.58. The molecule has 0 spiro atoms. The van der Waals surface area contributed by atoms with Gasteiger partial charge in [-0.05, 0) is 52.7 Å². The summed E-state index contributed by atoms with van der Waals surface area (Å²) in [6.07, 6.45) is 0. The van der Waals surface area contributed by atoms with Crippen LogP contribution in [0.25, 0.3) is 0 Å². The fraction of sp³-hybridized carbons (Fsp3) is 0.167. The SMILES string of the molecule is CO/N=C(\OCc1ccc(COc2ccc(OCC(=O)O)cc2)cc1)c1ccccc1. The van der Waals surface area contributed by atoms with E-state index in [0.717, 1.165) is 16.7 Å². The summed E-state index contributed by atoms with van der Waals surface area (Å²) >= 11 is 0. The molecule has 0 amide bonds. The van der Waals surface area contributed by atoms with Gasteiger partial charge in [-0.25, -0.2) is 4.79 Å². The van der Waals surface area contributed by atoms with E-state index in [9.17, 15) is 4.79 Å². The van der Waals surface area contributed by atoms with Crippen LogP contribution in [0.1, 0.15) is 16.7 Å². The average Bonchev–Trinajstić information content (AvgIpc) is 2.81. The van der Waals surface area contributed by atoms with Crippen LogP contribution in [-0.2, 0) is 27.6 Å². The van der Waals surface area contributed by atoms with Crippen molar-refractivity contribution in [2.45, 2.75) is 13.2 Å². The first-order chi connectivity index (χ1) is 15.1. The largest absolute Gasteiger partial charge is 0.489 e. The minimum atomic E-state index is -1.02. The molecule has 31 heavy (non-hydrogen) atoms. The number of nitrogens with zero attached hydrogens (tertiary/aromatic N) is 1. The maximum absolute atomic E-state index is 10.5. The van der Waals surface area contributed by atoms with Crippen LogP contribution < -0.4 is 9.47 Å². The first kappa shape index (κ1) is 21.7. The number of aliphatic carboxylic acids is 1. The molecule has 0 aromatic heterocycles. The summed E-state index contributed by atoms with van der Waals surface area (Å²) in [4.78, 5) is 15.4. The molecule has 0 unspecified atom stereocenters. The molecule has 0 radical (unpaired) electrons. The molecule has 0 aliphatic rings. The number of carbonyl (C=O) groups is 1. The lowest BCUT2D eigenvalue weighted by Crippen LogP contribution is -2.09. The van der Waals surface area contributed by atoms with Crippen LogP contribution in [0, 0.1) is 0 Å². The first-order valence-electron chi connectivity index (χ1n) is 9.58. The van der Waals surface area contributed by atoms with Gasteiger partial charge in [-0.1, -0.05) is 42.5 Å². The lowest BCUT2D eigenvalue weighted by molar-refractivity contribution is -0.139. The molecule has 0 heterocycles. The Bertz CT molecular complexity index is 985. The molecule has 3 rings (SSSR count). The molecule has 7 heteroatoms. The minimum absolute atomic E-state index is 0.357. The summed E-state index contributed by atoms with van der Waals surface area (Å²) in [6, 6.07) is 24.3. The van der Waals surface area contributed by atoms with E-state index in [4.69, 9.17) is 24.2 Å². The van der Waals surface area contributed by atoms with E-state index in [2.05, 4.69) is 5.16 Å². The number of hydrogen-bond donors (Lipinski definition) is 1. The summed E-state index contributed by atoms with van der Waals surface area (Å²) < 4.78 is 16.7. The van der Waals surface area contributed by atoms with Crippen molar-refractivity contribution in [1.29, 1.82) is 0 Å². The molecule has 160 valence electrons. The van der Waals surface area contributed by atoms with E-state index in [-0.39, 0.29) is 6.61 Å². The van der Waals surface area contributed by atoms with Crippen LogP contribution in [-0.4, -0.2) is 30.7 Å². The molecule has 0 saturated carbocycles. The van der Waals surface area contributed by atoms with E-state index in [1.165, 1.54) is 7.11 Å². The number of carboxylic acids is 1. The zero-order chi connectivity index (χ0) is 21.9. The van der Waals surface area contributed by atoms with Gasteiger partial charge in [0.1, 0.15) is 31.8 Å². The van der Waals surface area contributed by atoms with E-state index < -0.39 is 5.97 Å². The molecule has 3 aromatic carbocycles. The van der Waals surface area contributed by atoms with Crippen molar-refractivity contribution in [3.63, 3.8) is 0 Å². The van der Waals surface area contributed by atoms with E-state index in [1.54, 1.807) is 24.3 Å². The lowest BCUT2D eigenvalue weighted by Gasteiger charge is -2.10. The Balaban J connectivity index is 1.50. The Hall–Kier alpha value is -4.00. The molecular weight excluding hydrogens is 398 g/mol. The summed E-state index contributed by atoms with van der Waals surface area (Å²) in [5.41, 5.74) is 2.83. The van der Waals surface area contributed by atoms with Gasteiger partial charge in [0.15, 0.2) is 6.61 Å². The van der Waals surface area contributed by atoms with Crippen LogP contribution in [0.5, 0.6) is 11.5 Å². The van der Waals surface area contributed by atoms with Crippen molar-refractivity contribution in [3.8, 4) is 11.5 Å². The van der Waals surface area contributed by atoms with Crippen molar-refractivity contribution in [2.75, 3.05) is 13.7 Å². The third-order valence-corrected chi connectivity index (χ3v) is 4.19. The molecule has 1 N–H and O–H groups in total. The van der Waals surface area contributed by atoms with Crippen LogP contribution in [0.4, 0.5) is 0 Å². The van der Waals surface area contributed by atoms with Gasteiger partial charge in [0.2, 0.25) is 0 Å². The molecular formula is C24H23NO6. The quantitative estimate of drug-likeness (QED) is 0.299. The molecule has 0 bridgehead atoms. The molecule has 0 saturated heterocycles. The number of ether oxygens (including phenoxy) is 3. The van der Waals surface area contributed by atoms with E-state index in [0.29, 0.717) is 30.6 Å². The van der Waals surface area contributed by atoms with Crippen LogP contribution in [0.3, 0.4) is 0 Å².